The number of hydrazone groups is 1. The smallest absolute Gasteiger partial charge is 0.279 e. The zero-order chi connectivity index (χ0) is 15.3. The van der Waals surface area contributed by atoms with Gasteiger partial charge >= 0.3 is 6.18 Å². The average Bonchev–Trinajstić information content (AvgIpc) is 2.47. The molecule has 0 bridgehead atoms. The molecule has 0 aliphatic heterocycles. The average molecular weight is 357 g/mol. The second-order valence-electron chi connectivity index (χ2n) is 4.28. The van der Waals surface area contributed by atoms with Crippen molar-refractivity contribution in [2.24, 2.45) is 5.10 Å². The van der Waals surface area contributed by atoms with Crippen LogP contribution in [0.2, 0.25) is 0 Å². The molecule has 0 aliphatic carbocycles. The summed E-state index contributed by atoms with van der Waals surface area (Å²) in [5.74, 6) is 0. The van der Waals surface area contributed by atoms with Gasteiger partial charge in [-0.3, -0.25) is 5.43 Å². The second-order valence-corrected chi connectivity index (χ2v) is 4.84. The molecule has 110 valence electrons. The van der Waals surface area contributed by atoms with E-state index in [-0.39, 0.29) is 10.9 Å². The van der Waals surface area contributed by atoms with Gasteiger partial charge in [0, 0.05) is 5.33 Å². The molecule has 2 nitrogen and oxygen atoms in total. The molecule has 0 saturated heterocycles. The first-order valence-corrected chi connectivity index (χ1v) is 7.23. The van der Waals surface area contributed by atoms with Crippen molar-refractivity contribution in [3.8, 4) is 0 Å². The van der Waals surface area contributed by atoms with E-state index >= 15 is 0 Å². The molecule has 0 amide bonds. The summed E-state index contributed by atoms with van der Waals surface area (Å²) < 4.78 is 38.8. The Morgan fingerprint density at radius 2 is 1.81 bits per heavy atom. The molecule has 6 heteroatoms. The quantitative estimate of drug-likeness (QED) is 0.462. The van der Waals surface area contributed by atoms with Gasteiger partial charge in [-0.25, -0.2) is 0 Å². The third-order valence-electron chi connectivity index (χ3n) is 2.76. The fourth-order valence-electron chi connectivity index (χ4n) is 1.75. The van der Waals surface area contributed by atoms with E-state index in [1.807, 2.05) is 30.3 Å². The van der Waals surface area contributed by atoms with E-state index < -0.39 is 11.7 Å². The number of para-hydroxylation sites is 1. The summed E-state index contributed by atoms with van der Waals surface area (Å²) in [6.07, 6.45) is -3.01. The Balaban J connectivity index is 2.17. The monoisotopic (exact) mass is 356 g/mol. The van der Waals surface area contributed by atoms with Gasteiger partial charge in [0.15, 0.2) is 0 Å². The van der Waals surface area contributed by atoms with E-state index in [0.717, 1.165) is 11.8 Å². The number of rotatable bonds is 4. The number of nitrogens with zero attached hydrogens (tertiary/aromatic N) is 1. The molecule has 21 heavy (non-hydrogen) atoms. The van der Waals surface area contributed by atoms with Crippen molar-refractivity contribution in [2.75, 3.05) is 5.43 Å². The van der Waals surface area contributed by atoms with Crippen molar-refractivity contribution in [3.63, 3.8) is 0 Å². The van der Waals surface area contributed by atoms with Crippen LogP contribution in [0.3, 0.4) is 0 Å². The van der Waals surface area contributed by atoms with E-state index in [4.69, 9.17) is 0 Å². The Labute approximate surface area is 128 Å². The SMILES string of the molecule is FC(F)(F)c1cc(C=NNc2ccccc2)ccc1CBr. The first-order chi connectivity index (χ1) is 10.0. The van der Waals surface area contributed by atoms with E-state index in [1.165, 1.54) is 12.3 Å². The van der Waals surface area contributed by atoms with Crippen LogP contribution in [0, 0.1) is 0 Å². The van der Waals surface area contributed by atoms with Gasteiger partial charge in [-0.15, -0.1) is 0 Å². The molecule has 0 heterocycles. The van der Waals surface area contributed by atoms with Gasteiger partial charge in [0.05, 0.1) is 17.5 Å². The topological polar surface area (TPSA) is 24.4 Å². The maximum atomic E-state index is 12.9. The van der Waals surface area contributed by atoms with Gasteiger partial charge in [-0.2, -0.15) is 18.3 Å². The number of alkyl halides is 4. The lowest BCUT2D eigenvalue weighted by molar-refractivity contribution is -0.138. The van der Waals surface area contributed by atoms with Crippen molar-refractivity contribution in [1.29, 1.82) is 0 Å². The van der Waals surface area contributed by atoms with Crippen molar-refractivity contribution >= 4 is 27.8 Å². The van der Waals surface area contributed by atoms with Gasteiger partial charge in [-0.05, 0) is 29.3 Å². The summed E-state index contributed by atoms with van der Waals surface area (Å²) in [6, 6.07) is 13.3. The maximum absolute atomic E-state index is 12.9. The molecule has 1 N–H and O–H groups in total. The molecule has 0 saturated carbocycles. The summed E-state index contributed by atoms with van der Waals surface area (Å²) >= 11 is 3.06. The molecule has 0 aromatic heterocycles. The van der Waals surface area contributed by atoms with E-state index in [2.05, 4.69) is 26.5 Å². The zero-order valence-electron chi connectivity index (χ0n) is 10.9. The Kier molecular flexibility index (Phi) is 5.01. The zero-order valence-corrected chi connectivity index (χ0v) is 12.4. The first-order valence-electron chi connectivity index (χ1n) is 6.11. The maximum Gasteiger partial charge on any atom is 0.416 e. The van der Waals surface area contributed by atoms with Gasteiger partial charge < -0.3 is 0 Å². The minimum absolute atomic E-state index is 0.154. The van der Waals surface area contributed by atoms with Crippen molar-refractivity contribution in [2.45, 2.75) is 11.5 Å². The lowest BCUT2D eigenvalue weighted by Crippen LogP contribution is -2.09. The molecule has 2 rings (SSSR count). The van der Waals surface area contributed by atoms with Crippen LogP contribution in [0.25, 0.3) is 0 Å². The van der Waals surface area contributed by atoms with Gasteiger partial charge in [0.1, 0.15) is 0 Å². The molecule has 0 fully saturated rings. The largest absolute Gasteiger partial charge is 0.416 e. The number of hydrogen-bond acceptors (Lipinski definition) is 2. The lowest BCUT2D eigenvalue weighted by atomic mass is 10.1. The van der Waals surface area contributed by atoms with Crippen LogP contribution in [-0.4, -0.2) is 6.21 Å². The Bertz CT molecular complexity index is 625. The number of benzene rings is 2. The third kappa shape index (κ3) is 4.32. The molecule has 2 aromatic carbocycles. The van der Waals surface area contributed by atoms with Crippen LogP contribution < -0.4 is 5.43 Å². The first kappa shape index (κ1) is 15.6. The van der Waals surface area contributed by atoms with E-state index in [9.17, 15) is 13.2 Å². The predicted octanol–water partition coefficient (Wildman–Crippen LogP) is 5.05. The van der Waals surface area contributed by atoms with Gasteiger partial charge in [0.25, 0.3) is 0 Å². The van der Waals surface area contributed by atoms with Crippen LogP contribution >= 0.6 is 15.9 Å². The highest BCUT2D eigenvalue weighted by molar-refractivity contribution is 9.08. The fraction of sp³-hybridized carbons (Fsp3) is 0.133. The van der Waals surface area contributed by atoms with Crippen molar-refractivity contribution in [3.05, 3.63) is 65.2 Å². The molecule has 0 atom stereocenters. The van der Waals surface area contributed by atoms with Crippen LogP contribution in [0.5, 0.6) is 0 Å². The summed E-state index contributed by atoms with van der Waals surface area (Å²) in [6.45, 7) is 0. The highest BCUT2D eigenvalue weighted by atomic mass is 79.9. The minimum Gasteiger partial charge on any atom is -0.279 e. The van der Waals surface area contributed by atoms with E-state index in [1.54, 1.807) is 6.07 Å². The van der Waals surface area contributed by atoms with E-state index in [0.29, 0.717) is 5.56 Å². The van der Waals surface area contributed by atoms with Crippen LogP contribution in [-0.2, 0) is 11.5 Å². The van der Waals surface area contributed by atoms with Gasteiger partial charge in [0.2, 0.25) is 0 Å². The van der Waals surface area contributed by atoms with Crippen molar-refractivity contribution < 1.29 is 13.2 Å². The summed E-state index contributed by atoms with van der Waals surface area (Å²) in [5.41, 5.74) is 3.46. The molecular weight excluding hydrogens is 345 g/mol. The molecule has 2 aromatic rings. The standard InChI is InChI=1S/C15H12BrF3N2/c16-9-12-7-6-11(8-14(12)15(17,18)19)10-20-21-13-4-2-1-3-5-13/h1-8,10,21H,9H2. The highest BCUT2D eigenvalue weighted by Crippen LogP contribution is 2.33. The Morgan fingerprint density at radius 3 is 2.43 bits per heavy atom. The van der Waals surface area contributed by atoms with Crippen LogP contribution in [0.1, 0.15) is 16.7 Å². The number of halogens is 4. The second kappa shape index (κ2) is 6.76. The molecule has 0 unspecified atom stereocenters. The highest BCUT2D eigenvalue weighted by Gasteiger charge is 2.33. The molecule has 0 aliphatic rings. The minimum atomic E-state index is -4.38. The molecule has 0 radical (unpaired) electrons. The number of anilines is 1. The summed E-state index contributed by atoms with van der Waals surface area (Å²) in [4.78, 5) is 0. The molecular formula is C15H12BrF3N2. The third-order valence-corrected chi connectivity index (χ3v) is 3.37. The lowest BCUT2D eigenvalue weighted by Gasteiger charge is -2.11. The number of nitrogens with one attached hydrogen (secondary N) is 1. The van der Waals surface area contributed by atoms with Crippen molar-refractivity contribution in [1.82, 2.24) is 0 Å². The Morgan fingerprint density at radius 1 is 1.10 bits per heavy atom. The fourth-order valence-corrected chi connectivity index (χ4v) is 2.24. The number of hydrogen-bond donors (Lipinski definition) is 1. The Hall–Kier alpha value is -1.82. The van der Waals surface area contributed by atoms with Crippen LogP contribution in [0.15, 0.2) is 53.6 Å². The predicted molar refractivity (Wildman–Crippen MR) is 81.7 cm³/mol. The normalized spacial score (nSPS) is 11.8. The summed E-state index contributed by atoms with van der Waals surface area (Å²) in [7, 11) is 0. The molecule has 0 spiro atoms. The van der Waals surface area contributed by atoms with Crippen LogP contribution in [0.4, 0.5) is 18.9 Å². The summed E-state index contributed by atoms with van der Waals surface area (Å²) in [5, 5.41) is 4.09. The van der Waals surface area contributed by atoms with Gasteiger partial charge in [-0.1, -0.05) is 46.3 Å².